The molecule has 4 rings (SSSR count). The minimum atomic E-state index is -0.757. The molecule has 4 aromatic rings. The maximum atomic E-state index is 15.4. The summed E-state index contributed by atoms with van der Waals surface area (Å²) in [5, 5.41) is 16.3. The normalized spacial score (nSPS) is 11.3. The lowest BCUT2D eigenvalue weighted by atomic mass is 10.0. The van der Waals surface area contributed by atoms with E-state index in [9.17, 15) is 14.0 Å². The summed E-state index contributed by atoms with van der Waals surface area (Å²) in [7, 11) is 1.71. The Morgan fingerprint density at radius 3 is 2.50 bits per heavy atom. The van der Waals surface area contributed by atoms with Gasteiger partial charge in [-0.15, -0.1) is 0 Å². The summed E-state index contributed by atoms with van der Waals surface area (Å²) in [5.41, 5.74) is 7.79. The van der Waals surface area contributed by atoms with E-state index in [1.807, 2.05) is 6.92 Å². The zero-order chi connectivity index (χ0) is 30.4. The van der Waals surface area contributed by atoms with Crippen molar-refractivity contribution < 1.29 is 13.6 Å². The van der Waals surface area contributed by atoms with Gasteiger partial charge in [-0.1, -0.05) is 0 Å². The van der Waals surface area contributed by atoms with Crippen molar-refractivity contribution in [2.24, 2.45) is 0 Å². The lowest BCUT2D eigenvalue weighted by Gasteiger charge is -2.17. The largest absolute Gasteiger partial charge is 0.391 e. The highest BCUT2D eigenvalue weighted by molar-refractivity contribution is 9.10. The van der Waals surface area contributed by atoms with Crippen LogP contribution in [0.25, 0.3) is 22.4 Å². The number of rotatable bonds is 10. The predicted octanol–water partition coefficient (Wildman–Crippen LogP) is 5.09. The number of nitrogens with one attached hydrogen (secondary N) is 4. The van der Waals surface area contributed by atoms with Gasteiger partial charge in [0.15, 0.2) is 0 Å². The molecule has 12 heteroatoms. The molecular weight excluding hydrogens is 608 g/mol. The molecule has 216 valence electrons. The van der Waals surface area contributed by atoms with Gasteiger partial charge >= 0.3 is 0 Å². The summed E-state index contributed by atoms with van der Waals surface area (Å²) in [6.07, 6.45) is 4.31. The molecule has 1 amide bonds. The van der Waals surface area contributed by atoms with E-state index in [4.69, 9.17) is 11.1 Å². The van der Waals surface area contributed by atoms with Gasteiger partial charge in [-0.25, -0.2) is 13.8 Å². The zero-order valence-electron chi connectivity index (χ0n) is 22.8. The topological polar surface area (TPSA) is 138 Å². The number of amides is 1. The Balaban J connectivity index is 1.68. The van der Waals surface area contributed by atoms with Crippen molar-refractivity contribution in [2.75, 3.05) is 24.6 Å². The molecule has 42 heavy (non-hydrogen) atoms. The smallest absolute Gasteiger partial charge is 0.268 e. The zero-order valence-corrected chi connectivity index (χ0v) is 24.4. The van der Waals surface area contributed by atoms with Crippen molar-refractivity contribution in [3.8, 4) is 16.8 Å². The molecule has 0 aliphatic heterocycles. The van der Waals surface area contributed by atoms with Gasteiger partial charge in [0.05, 0.1) is 5.69 Å². The monoisotopic (exact) mass is 635 g/mol. The lowest BCUT2D eigenvalue weighted by molar-refractivity contribution is 0.102. The number of benzene rings is 2. The van der Waals surface area contributed by atoms with Gasteiger partial charge in [-0.05, 0) is 84.5 Å². The van der Waals surface area contributed by atoms with Crippen LogP contribution in [0.4, 0.5) is 20.3 Å². The molecule has 0 aliphatic carbocycles. The van der Waals surface area contributed by atoms with Crippen molar-refractivity contribution in [3.05, 3.63) is 110 Å². The molecule has 0 radical (unpaired) electrons. The molecule has 2 aromatic heterocycles. The fourth-order valence-corrected chi connectivity index (χ4v) is 4.80. The number of halogens is 3. The molecule has 0 atom stereocenters. The summed E-state index contributed by atoms with van der Waals surface area (Å²) in [6, 6.07) is 12.4. The Morgan fingerprint density at radius 1 is 1.12 bits per heavy atom. The second-order valence-electron chi connectivity index (χ2n) is 9.11. The average molecular weight is 637 g/mol. The number of allylic oxidation sites excluding steroid dienone is 1. The number of carbonyl (C=O) groups excluding carboxylic acids is 1. The predicted molar refractivity (Wildman–Crippen MR) is 165 cm³/mol. The van der Waals surface area contributed by atoms with Crippen LogP contribution < -0.4 is 27.2 Å². The first-order valence-electron chi connectivity index (χ1n) is 12.8. The van der Waals surface area contributed by atoms with Crippen molar-refractivity contribution in [1.82, 2.24) is 20.2 Å². The number of nitrogens with zero attached hydrogens (tertiary/aromatic N) is 2. The first kappa shape index (κ1) is 30.3. The molecule has 0 spiro atoms. The van der Waals surface area contributed by atoms with E-state index in [2.05, 4.69) is 36.9 Å². The SMILES string of the molecule is CCN/C=C(\C=N)c1cnc(N)c(-c2ccc(NC(=O)c3cc(Br)c(CNC)n(-c4ccc(F)cc4)c3=O)cc2F)c1. The molecule has 0 saturated carbocycles. The maximum Gasteiger partial charge on any atom is 0.268 e. The number of nitrogen functional groups attached to an aromatic ring is 1. The highest BCUT2D eigenvalue weighted by Gasteiger charge is 2.20. The third-order valence-corrected chi connectivity index (χ3v) is 7.00. The number of nitrogens with two attached hydrogens (primary N) is 1. The Labute approximate surface area is 249 Å². The molecular formula is C30H28BrF2N7O2. The number of anilines is 2. The highest BCUT2D eigenvalue weighted by Crippen LogP contribution is 2.31. The molecule has 6 N–H and O–H groups in total. The van der Waals surface area contributed by atoms with Crippen molar-refractivity contribution in [1.29, 1.82) is 5.41 Å². The van der Waals surface area contributed by atoms with Gasteiger partial charge in [-0.2, -0.15) is 0 Å². The quantitative estimate of drug-likeness (QED) is 0.154. The van der Waals surface area contributed by atoms with Crippen LogP contribution in [-0.2, 0) is 6.54 Å². The second-order valence-corrected chi connectivity index (χ2v) is 9.96. The second kappa shape index (κ2) is 13.3. The van der Waals surface area contributed by atoms with E-state index in [0.717, 1.165) is 12.3 Å². The molecule has 2 aromatic carbocycles. The van der Waals surface area contributed by atoms with E-state index in [-0.39, 0.29) is 29.2 Å². The first-order valence-corrected chi connectivity index (χ1v) is 13.6. The summed E-state index contributed by atoms with van der Waals surface area (Å²) >= 11 is 3.43. The van der Waals surface area contributed by atoms with Crippen molar-refractivity contribution >= 4 is 45.1 Å². The minimum absolute atomic E-state index is 0.0927. The van der Waals surface area contributed by atoms with Gasteiger partial charge < -0.3 is 27.1 Å². The van der Waals surface area contributed by atoms with E-state index in [0.29, 0.717) is 39.1 Å². The molecule has 0 fully saturated rings. The van der Waals surface area contributed by atoms with Gasteiger partial charge in [0.2, 0.25) is 0 Å². The van der Waals surface area contributed by atoms with E-state index in [1.165, 1.54) is 53.2 Å². The van der Waals surface area contributed by atoms with E-state index in [1.54, 1.807) is 19.3 Å². The van der Waals surface area contributed by atoms with Crippen molar-refractivity contribution in [2.45, 2.75) is 13.5 Å². The Kier molecular flexibility index (Phi) is 9.60. The molecule has 2 heterocycles. The molecule has 0 bridgehead atoms. The van der Waals surface area contributed by atoms with E-state index >= 15 is 4.39 Å². The summed E-state index contributed by atoms with van der Waals surface area (Å²) in [4.78, 5) is 30.9. The fourth-order valence-electron chi connectivity index (χ4n) is 4.26. The number of pyridine rings is 2. The van der Waals surface area contributed by atoms with Crippen LogP contribution in [0, 0.1) is 17.0 Å². The van der Waals surface area contributed by atoms with Crippen LogP contribution >= 0.6 is 15.9 Å². The number of hydrogen-bond acceptors (Lipinski definition) is 7. The van der Waals surface area contributed by atoms with Gasteiger partial charge in [0, 0.05) is 69.8 Å². The molecule has 0 unspecified atom stereocenters. The Morgan fingerprint density at radius 2 is 1.86 bits per heavy atom. The van der Waals surface area contributed by atoms with Crippen LogP contribution in [0.1, 0.15) is 28.5 Å². The Bertz CT molecular complexity index is 1740. The maximum absolute atomic E-state index is 15.4. The average Bonchev–Trinajstić information content (AvgIpc) is 2.97. The number of hydrogen-bond donors (Lipinski definition) is 5. The summed E-state index contributed by atoms with van der Waals surface area (Å²) in [6.45, 7) is 2.86. The van der Waals surface area contributed by atoms with Crippen LogP contribution in [0.2, 0.25) is 0 Å². The number of carbonyl (C=O) groups is 1. The lowest BCUT2D eigenvalue weighted by Crippen LogP contribution is -2.32. The van der Waals surface area contributed by atoms with Gasteiger partial charge in [-0.3, -0.25) is 14.2 Å². The van der Waals surface area contributed by atoms with E-state index < -0.39 is 23.1 Å². The number of aromatic nitrogens is 2. The van der Waals surface area contributed by atoms with Crippen LogP contribution in [0.5, 0.6) is 0 Å². The minimum Gasteiger partial charge on any atom is -0.391 e. The molecule has 0 aliphatic rings. The molecule has 0 saturated heterocycles. The van der Waals surface area contributed by atoms with Gasteiger partial charge in [0.25, 0.3) is 11.5 Å². The molecule has 9 nitrogen and oxygen atoms in total. The standard InChI is InChI=1S/C30H28BrF2N7O2/c1-3-37-14-18(13-34)17-10-23(28(35)38-15-17)22-9-6-20(11-26(22)33)39-29(41)24-12-25(31)27(16-36-2)40(30(24)42)21-7-4-19(32)5-8-21/h4-15,34,36-37H,3,16H2,1-2H3,(H2,35,38)(H,39,41)/b18-14+,34-13?. The van der Waals surface area contributed by atoms with Crippen LogP contribution in [-0.4, -0.2) is 35.3 Å². The first-order chi connectivity index (χ1) is 20.2. The third-order valence-electron chi connectivity index (χ3n) is 6.31. The fraction of sp³-hybridized carbons (Fsp3) is 0.133. The summed E-state index contributed by atoms with van der Waals surface area (Å²) < 4.78 is 30.7. The Hall–Kier alpha value is -4.68. The third kappa shape index (κ3) is 6.45. The van der Waals surface area contributed by atoms with Crippen LogP contribution in [0.15, 0.2) is 76.3 Å². The van der Waals surface area contributed by atoms with Gasteiger partial charge in [0.1, 0.15) is 23.0 Å². The van der Waals surface area contributed by atoms with Crippen LogP contribution in [0.3, 0.4) is 0 Å². The van der Waals surface area contributed by atoms with Crippen molar-refractivity contribution in [3.63, 3.8) is 0 Å². The summed E-state index contributed by atoms with van der Waals surface area (Å²) in [5.74, 6) is -1.81. The highest BCUT2D eigenvalue weighted by atomic mass is 79.9.